The van der Waals surface area contributed by atoms with Gasteiger partial charge in [0, 0.05) is 18.6 Å². The number of hydrogen-bond acceptors (Lipinski definition) is 5. The third-order valence-electron chi connectivity index (χ3n) is 3.75. The minimum Gasteiger partial charge on any atom is -0.495 e. The van der Waals surface area contributed by atoms with Gasteiger partial charge in [-0.15, -0.1) is 0 Å². The van der Waals surface area contributed by atoms with E-state index in [0.717, 1.165) is 11.3 Å². The maximum absolute atomic E-state index is 12.7. The van der Waals surface area contributed by atoms with Crippen LogP contribution < -0.4 is 9.46 Å². The fourth-order valence-corrected chi connectivity index (χ4v) is 3.56. The normalized spacial score (nSPS) is 11.7. The Balaban J connectivity index is 2.03. The van der Waals surface area contributed by atoms with E-state index in [9.17, 15) is 8.42 Å². The largest absolute Gasteiger partial charge is 0.495 e. The van der Waals surface area contributed by atoms with E-state index in [-0.39, 0.29) is 4.90 Å². The summed E-state index contributed by atoms with van der Waals surface area (Å²) in [5.41, 5.74) is 2.72. The molecular weight excluding hydrogens is 328 g/mol. The monoisotopic (exact) mass is 346 g/mol. The SMILES string of the molecule is COc1cc(C)ccc1NS(=O)(=O)c1cnc2c(c1)c(C)nn2C. The molecule has 0 bridgehead atoms. The molecule has 7 nitrogen and oxygen atoms in total. The van der Waals surface area contributed by atoms with Crippen LogP contribution in [0.3, 0.4) is 0 Å². The molecule has 0 fully saturated rings. The van der Waals surface area contributed by atoms with Gasteiger partial charge in [0.1, 0.15) is 10.6 Å². The van der Waals surface area contributed by atoms with Crippen molar-refractivity contribution in [2.75, 3.05) is 11.8 Å². The fraction of sp³-hybridized carbons (Fsp3) is 0.250. The van der Waals surface area contributed by atoms with Gasteiger partial charge in [0.2, 0.25) is 0 Å². The van der Waals surface area contributed by atoms with Crippen LogP contribution in [0.5, 0.6) is 5.75 Å². The first-order valence-electron chi connectivity index (χ1n) is 7.28. The van der Waals surface area contributed by atoms with Crippen LogP contribution in [0.15, 0.2) is 35.4 Å². The molecule has 0 atom stereocenters. The van der Waals surface area contributed by atoms with E-state index in [1.807, 2.05) is 19.9 Å². The van der Waals surface area contributed by atoms with Crippen LogP contribution in [-0.2, 0) is 17.1 Å². The average molecular weight is 346 g/mol. The molecule has 0 saturated carbocycles. The summed E-state index contributed by atoms with van der Waals surface area (Å²) in [5, 5.41) is 4.96. The molecule has 0 aliphatic heterocycles. The zero-order chi connectivity index (χ0) is 17.5. The predicted molar refractivity (Wildman–Crippen MR) is 91.8 cm³/mol. The summed E-state index contributed by atoms with van der Waals surface area (Å²) in [6, 6.07) is 6.83. The molecule has 8 heteroatoms. The lowest BCUT2D eigenvalue weighted by atomic mass is 10.2. The van der Waals surface area contributed by atoms with Crippen molar-refractivity contribution in [2.45, 2.75) is 18.7 Å². The zero-order valence-corrected chi connectivity index (χ0v) is 14.7. The minimum absolute atomic E-state index is 0.0775. The lowest BCUT2D eigenvalue weighted by Crippen LogP contribution is -2.14. The van der Waals surface area contributed by atoms with Gasteiger partial charge in [0.15, 0.2) is 5.65 Å². The van der Waals surface area contributed by atoms with Crippen LogP contribution in [-0.4, -0.2) is 30.3 Å². The van der Waals surface area contributed by atoms with Gasteiger partial charge >= 0.3 is 0 Å². The number of pyridine rings is 1. The molecular formula is C16H18N4O3S. The number of aromatic nitrogens is 3. The average Bonchev–Trinajstić information content (AvgIpc) is 2.83. The first-order valence-corrected chi connectivity index (χ1v) is 8.77. The van der Waals surface area contributed by atoms with Crippen molar-refractivity contribution >= 4 is 26.7 Å². The number of ether oxygens (including phenoxy) is 1. The smallest absolute Gasteiger partial charge is 0.263 e. The number of hydrogen-bond donors (Lipinski definition) is 1. The van der Waals surface area contributed by atoms with Crippen LogP contribution >= 0.6 is 0 Å². The summed E-state index contributed by atoms with van der Waals surface area (Å²) in [6.45, 7) is 3.72. The van der Waals surface area contributed by atoms with Gasteiger partial charge in [-0.05, 0) is 37.6 Å². The molecule has 126 valence electrons. The molecule has 1 aromatic carbocycles. The van der Waals surface area contributed by atoms with Crippen LogP contribution in [0.4, 0.5) is 5.69 Å². The van der Waals surface area contributed by atoms with Crippen molar-refractivity contribution in [1.82, 2.24) is 14.8 Å². The third-order valence-corrected chi connectivity index (χ3v) is 5.08. The standard InChI is InChI=1S/C16H18N4O3S/c1-10-5-6-14(15(7-10)23-4)19-24(21,22)12-8-13-11(2)18-20(3)16(13)17-9-12/h5-9,19H,1-4H3. The highest BCUT2D eigenvalue weighted by Crippen LogP contribution is 2.28. The Morgan fingerprint density at radius 1 is 1.21 bits per heavy atom. The van der Waals surface area contributed by atoms with Crippen LogP contribution in [0.1, 0.15) is 11.3 Å². The number of nitrogens with one attached hydrogen (secondary N) is 1. The van der Waals surface area contributed by atoms with E-state index in [0.29, 0.717) is 22.5 Å². The van der Waals surface area contributed by atoms with E-state index in [1.165, 1.54) is 13.3 Å². The maximum atomic E-state index is 12.7. The van der Waals surface area contributed by atoms with E-state index in [1.54, 1.807) is 29.9 Å². The summed E-state index contributed by atoms with van der Waals surface area (Å²) < 4.78 is 34.8. The van der Waals surface area contributed by atoms with Gasteiger partial charge in [0.05, 0.1) is 18.5 Å². The van der Waals surface area contributed by atoms with Crippen molar-refractivity contribution in [2.24, 2.45) is 7.05 Å². The summed E-state index contributed by atoms with van der Waals surface area (Å²) >= 11 is 0. The highest BCUT2D eigenvalue weighted by molar-refractivity contribution is 7.92. The van der Waals surface area contributed by atoms with E-state index in [4.69, 9.17) is 4.74 Å². The second kappa shape index (κ2) is 5.79. The van der Waals surface area contributed by atoms with Gasteiger partial charge in [-0.1, -0.05) is 6.07 Å². The number of fused-ring (bicyclic) bond motifs is 1. The van der Waals surface area contributed by atoms with E-state index < -0.39 is 10.0 Å². The fourth-order valence-electron chi connectivity index (χ4n) is 2.52. The first-order chi connectivity index (χ1) is 11.3. The second-order valence-corrected chi connectivity index (χ2v) is 7.24. The molecule has 3 aromatic rings. The van der Waals surface area contributed by atoms with Crippen LogP contribution in [0.25, 0.3) is 11.0 Å². The number of sulfonamides is 1. The Bertz CT molecular complexity index is 1030. The van der Waals surface area contributed by atoms with Gasteiger partial charge in [-0.25, -0.2) is 13.4 Å². The molecule has 0 radical (unpaired) electrons. The number of benzene rings is 1. The minimum atomic E-state index is -3.79. The van der Waals surface area contributed by atoms with Crippen molar-refractivity contribution in [1.29, 1.82) is 0 Å². The van der Waals surface area contributed by atoms with E-state index in [2.05, 4.69) is 14.8 Å². The summed E-state index contributed by atoms with van der Waals surface area (Å²) in [6.07, 6.45) is 1.33. The number of methoxy groups -OCH3 is 1. The molecule has 24 heavy (non-hydrogen) atoms. The Hall–Kier alpha value is -2.61. The molecule has 3 rings (SSSR count). The number of nitrogens with zero attached hydrogens (tertiary/aromatic N) is 3. The van der Waals surface area contributed by atoms with Crippen molar-refractivity contribution in [3.8, 4) is 5.75 Å². The van der Waals surface area contributed by atoms with Crippen LogP contribution in [0, 0.1) is 13.8 Å². The van der Waals surface area contributed by atoms with Gasteiger partial charge in [-0.2, -0.15) is 5.10 Å². The van der Waals surface area contributed by atoms with Gasteiger partial charge in [-0.3, -0.25) is 9.40 Å². The highest BCUT2D eigenvalue weighted by atomic mass is 32.2. The lowest BCUT2D eigenvalue weighted by molar-refractivity contribution is 0.416. The molecule has 2 heterocycles. The zero-order valence-electron chi connectivity index (χ0n) is 13.9. The van der Waals surface area contributed by atoms with Gasteiger partial charge < -0.3 is 4.74 Å². The molecule has 0 spiro atoms. The molecule has 0 aliphatic carbocycles. The third kappa shape index (κ3) is 2.80. The molecule has 1 N–H and O–H groups in total. The molecule has 2 aromatic heterocycles. The van der Waals surface area contributed by atoms with Crippen molar-refractivity contribution < 1.29 is 13.2 Å². The Morgan fingerprint density at radius 2 is 1.96 bits per heavy atom. The predicted octanol–water partition coefficient (Wildman–Crippen LogP) is 2.39. The first kappa shape index (κ1) is 16.3. The Labute approximate surface area is 140 Å². The molecule has 0 unspecified atom stereocenters. The maximum Gasteiger partial charge on any atom is 0.263 e. The second-order valence-electron chi connectivity index (χ2n) is 5.56. The number of aryl methyl sites for hydroxylation is 3. The van der Waals surface area contributed by atoms with Gasteiger partial charge in [0.25, 0.3) is 10.0 Å². The summed E-state index contributed by atoms with van der Waals surface area (Å²) in [4.78, 5) is 4.29. The van der Waals surface area contributed by atoms with E-state index >= 15 is 0 Å². The highest BCUT2D eigenvalue weighted by Gasteiger charge is 2.19. The van der Waals surface area contributed by atoms with Crippen molar-refractivity contribution in [3.63, 3.8) is 0 Å². The lowest BCUT2D eigenvalue weighted by Gasteiger charge is -2.12. The van der Waals surface area contributed by atoms with Crippen LogP contribution in [0.2, 0.25) is 0 Å². The molecule has 0 amide bonds. The Kier molecular flexibility index (Phi) is 3.92. The quantitative estimate of drug-likeness (QED) is 0.784. The number of anilines is 1. The number of rotatable bonds is 4. The molecule has 0 aliphatic rings. The summed E-state index contributed by atoms with van der Waals surface area (Å²) in [7, 11) is -0.518. The Morgan fingerprint density at radius 3 is 2.67 bits per heavy atom. The molecule has 0 saturated heterocycles. The topological polar surface area (TPSA) is 86.1 Å². The summed E-state index contributed by atoms with van der Waals surface area (Å²) in [5.74, 6) is 0.463. The van der Waals surface area contributed by atoms with Crippen molar-refractivity contribution in [3.05, 3.63) is 41.7 Å².